The number of hydrogen-bond donors (Lipinski definition) is 2. The number of phenolic OH excluding ortho intramolecular Hbond substituents is 1. The third kappa shape index (κ3) is 4.87. The highest BCUT2D eigenvalue weighted by atomic mass is 127. The minimum Gasteiger partial charge on any atom is -0.530 e. The monoisotopic (exact) mass is 380 g/mol. The highest BCUT2D eigenvalue weighted by Crippen LogP contribution is 2.37. The molecule has 0 spiro atoms. The van der Waals surface area contributed by atoms with Gasteiger partial charge in [-0.25, -0.2) is 0 Å². The number of nitrogens with one attached hydrogen (secondary N) is 1. The van der Waals surface area contributed by atoms with E-state index in [9.17, 15) is 5.11 Å². The van der Waals surface area contributed by atoms with Gasteiger partial charge in [0.2, 0.25) is 0 Å². The van der Waals surface area contributed by atoms with Gasteiger partial charge in [-0.2, -0.15) is 0 Å². The first-order valence-corrected chi connectivity index (χ1v) is 5.91. The molecule has 108 valence electrons. The van der Waals surface area contributed by atoms with Crippen LogP contribution in [0, 0.1) is 0 Å². The summed E-state index contributed by atoms with van der Waals surface area (Å²) in [6.07, 6.45) is 1.07. The maximum absolute atomic E-state index is 9.78. The Balaban J connectivity index is 0.000000471. The van der Waals surface area contributed by atoms with Crippen LogP contribution in [-0.2, 0) is 6.42 Å². The first-order valence-electron chi connectivity index (χ1n) is 5.91. The largest absolute Gasteiger partial charge is 0.530 e. The van der Waals surface area contributed by atoms with Crippen LogP contribution in [0.15, 0.2) is 18.2 Å². The smallest absolute Gasteiger partial charge is 0.177 e. The molecule has 0 bridgehead atoms. The van der Waals surface area contributed by atoms with E-state index in [0.29, 0.717) is 5.75 Å². The molecule has 1 aliphatic heterocycles. The number of amides is 1. The fourth-order valence-corrected chi connectivity index (χ4v) is 2.25. The predicted octanol–water partition coefficient (Wildman–Crippen LogP) is 1.07. The standard InChI is InChI=1S/C11H15NO.C2H5NO2.HI/c1-12(2)8-4-6-9-5-3-7-10(13)11(9)12;1-3-2(4)5;/h3,5,7H,4,6,8H2,1-2H3;3H,1H3,(H,4,5);1H. The van der Waals surface area contributed by atoms with E-state index in [2.05, 4.69) is 20.2 Å². The van der Waals surface area contributed by atoms with E-state index in [4.69, 9.17) is 9.90 Å². The van der Waals surface area contributed by atoms with E-state index < -0.39 is 6.09 Å². The van der Waals surface area contributed by atoms with Crippen LogP contribution in [0.25, 0.3) is 0 Å². The SMILES string of the molecule is CNC(=O)[O-].C[N+]1(C)CCCc2cccc(O)c21.I. The highest BCUT2D eigenvalue weighted by molar-refractivity contribution is 14.0. The Kier molecular flexibility index (Phi) is 7.14. The Morgan fingerprint density at radius 2 is 2.00 bits per heavy atom. The minimum atomic E-state index is -1.25. The van der Waals surface area contributed by atoms with Crippen molar-refractivity contribution in [2.75, 3.05) is 27.7 Å². The Bertz CT molecular complexity index is 436. The molecular formula is C13H21IN2O3. The summed E-state index contributed by atoms with van der Waals surface area (Å²) in [5.41, 5.74) is 2.41. The molecule has 0 radical (unpaired) electrons. The summed E-state index contributed by atoms with van der Waals surface area (Å²) in [7, 11) is 5.59. The van der Waals surface area contributed by atoms with Gasteiger partial charge >= 0.3 is 0 Å². The lowest BCUT2D eigenvalue weighted by Gasteiger charge is -2.35. The van der Waals surface area contributed by atoms with Crippen molar-refractivity contribution in [1.29, 1.82) is 0 Å². The molecule has 5 nitrogen and oxygen atoms in total. The van der Waals surface area contributed by atoms with Gasteiger partial charge in [0.1, 0.15) is 6.09 Å². The molecule has 0 saturated heterocycles. The number of aryl methyl sites for hydroxylation is 1. The van der Waals surface area contributed by atoms with E-state index in [-0.39, 0.29) is 24.0 Å². The van der Waals surface area contributed by atoms with Crippen LogP contribution < -0.4 is 14.9 Å². The topological polar surface area (TPSA) is 72.4 Å². The van der Waals surface area contributed by atoms with E-state index in [1.807, 2.05) is 11.4 Å². The van der Waals surface area contributed by atoms with Gasteiger partial charge in [0.05, 0.1) is 20.6 Å². The molecule has 1 aromatic rings. The molecular weight excluding hydrogens is 359 g/mol. The second kappa shape index (κ2) is 7.54. The van der Waals surface area contributed by atoms with Gasteiger partial charge in [0.25, 0.3) is 0 Å². The number of carbonyl (C=O) groups excluding carboxylic acids is 1. The fraction of sp³-hybridized carbons (Fsp3) is 0.462. The van der Waals surface area contributed by atoms with Crippen LogP contribution in [0.5, 0.6) is 5.75 Å². The third-order valence-electron chi connectivity index (χ3n) is 3.07. The Morgan fingerprint density at radius 3 is 2.47 bits per heavy atom. The van der Waals surface area contributed by atoms with Crippen molar-refractivity contribution < 1.29 is 15.0 Å². The number of hydrogen-bond acceptors (Lipinski definition) is 3. The molecule has 0 unspecified atom stereocenters. The van der Waals surface area contributed by atoms with Gasteiger partial charge < -0.3 is 20.3 Å². The molecule has 19 heavy (non-hydrogen) atoms. The summed E-state index contributed by atoms with van der Waals surface area (Å²) in [4.78, 5) is 9.15. The van der Waals surface area contributed by atoms with Gasteiger partial charge in [-0.3, -0.25) is 4.48 Å². The first kappa shape index (κ1) is 18.0. The van der Waals surface area contributed by atoms with E-state index >= 15 is 0 Å². The number of fused-ring (bicyclic) bond motifs is 1. The quantitative estimate of drug-likeness (QED) is 0.523. The summed E-state index contributed by atoms with van der Waals surface area (Å²) in [6.45, 7) is 1.12. The Hall–Kier alpha value is -1.02. The minimum absolute atomic E-state index is 0. The van der Waals surface area contributed by atoms with Gasteiger partial charge in [-0.15, -0.1) is 24.0 Å². The van der Waals surface area contributed by atoms with Crippen LogP contribution in [0.1, 0.15) is 12.0 Å². The second-order valence-electron chi connectivity index (χ2n) is 4.83. The maximum Gasteiger partial charge on any atom is 0.177 e. The van der Waals surface area contributed by atoms with Crippen LogP contribution >= 0.6 is 24.0 Å². The highest BCUT2D eigenvalue weighted by Gasteiger charge is 2.29. The van der Waals surface area contributed by atoms with E-state index in [1.54, 1.807) is 6.07 Å². The normalized spacial score (nSPS) is 15.1. The molecule has 0 saturated carbocycles. The van der Waals surface area contributed by atoms with Crippen molar-refractivity contribution in [3.63, 3.8) is 0 Å². The number of rotatable bonds is 0. The van der Waals surface area contributed by atoms with Gasteiger partial charge in [-0.05, 0) is 12.5 Å². The Labute approximate surface area is 130 Å². The van der Waals surface area contributed by atoms with Gasteiger partial charge in [0, 0.05) is 19.0 Å². The molecule has 2 rings (SSSR count). The summed E-state index contributed by atoms with van der Waals surface area (Å²) < 4.78 is 0.808. The van der Waals surface area contributed by atoms with Crippen LogP contribution in [0.4, 0.5) is 10.5 Å². The van der Waals surface area contributed by atoms with Crippen LogP contribution in [0.3, 0.4) is 0 Å². The number of quaternary nitrogens is 1. The summed E-state index contributed by atoms with van der Waals surface area (Å²) >= 11 is 0. The van der Waals surface area contributed by atoms with Gasteiger partial charge in [-0.1, -0.05) is 12.1 Å². The number of nitrogens with zero attached hydrogens (tertiary/aromatic N) is 1. The number of phenols is 1. The van der Waals surface area contributed by atoms with Crippen molar-refractivity contribution in [3.8, 4) is 5.75 Å². The number of para-hydroxylation sites is 1. The predicted molar refractivity (Wildman–Crippen MR) is 84.8 cm³/mol. The lowest BCUT2D eigenvalue weighted by molar-refractivity contribution is -0.250. The average molecular weight is 380 g/mol. The summed E-state index contributed by atoms with van der Waals surface area (Å²) in [6, 6.07) is 5.83. The lowest BCUT2D eigenvalue weighted by atomic mass is 10.00. The third-order valence-corrected chi connectivity index (χ3v) is 3.07. The number of carboxylic acid groups (broad SMARTS) is 1. The maximum atomic E-state index is 9.78. The molecule has 0 atom stereocenters. The fourth-order valence-electron chi connectivity index (χ4n) is 2.25. The molecule has 1 heterocycles. The first-order chi connectivity index (χ1) is 8.38. The molecule has 0 fully saturated rings. The van der Waals surface area contributed by atoms with E-state index in [0.717, 1.165) is 23.1 Å². The average Bonchev–Trinajstić information content (AvgIpc) is 2.29. The number of halogens is 1. The number of benzene rings is 1. The molecule has 6 heteroatoms. The van der Waals surface area contributed by atoms with E-state index in [1.165, 1.54) is 19.0 Å². The lowest BCUT2D eigenvalue weighted by Crippen LogP contribution is -2.44. The molecule has 1 aliphatic rings. The van der Waals surface area contributed by atoms with Crippen molar-refractivity contribution >= 4 is 35.8 Å². The van der Waals surface area contributed by atoms with Crippen molar-refractivity contribution in [2.24, 2.45) is 0 Å². The van der Waals surface area contributed by atoms with Crippen LogP contribution in [0.2, 0.25) is 0 Å². The van der Waals surface area contributed by atoms with Crippen molar-refractivity contribution in [3.05, 3.63) is 23.8 Å². The van der Waals surface area contributed by atoms with Crippen molar-refractivity contribution in [2.45, 2.75) is 12.8 Å². The Morgan fingerprint density at radius 1 is 1.42 bits per heavy atom. The van der Waals surface area contributed by atoms with Gasteiger partial charge in [0.15, 0.2) is 11.4 Å². The molecule has 1 amide bonds. The molecule has 2 N–H and O–H groups in total. The summed E-state index contributed by atoms with van der Waals surface area (Å²) in [5, 5.41) is 20.8. The zero-order chi connectivity index (χ0) is 13.8. The van der Waals surface area contributed by atoms with Crippen molar-refractivity contribution in [1.82, 2.24) is 9.80 Å². The summed E-state index contributed by atoms with van der Waals surface area (Å²) in [5.74, 6) is 0.446. The zero-order valence-electron chi connectivity index (χ0n) is 11.5. The molecule has 1 aromatic carbocycles. The zero-order valence-corrected chi connectivity index (χ0v) is 13.8. The molecule has 0 aromatic heterocycles. The molecule has 0 aliphatic carbocycles. The van der Waals surface area contributed by atoms with Crippen LogP contribution in [-0.4, -0.2) is 38.9 Å². The number of aromatic hydroxyl groups is 1. The second-order valence-corrected chi connectivity index (χ2v) is 4.83. The number of carbonyl (C=O) groups is 1.